The highest BCUT2D eigenvalue weighted by atomic mass is 19.2. The SMILES string of the molecule is Fc1c(F)c(F)c(-c2ccc(-c3ccc4nc(-c5ccc(-c6nc7ccccc7o6)cc5)cnc4c3)cc2)c(F)c1F. The molecule has 0 aliphatic heterocycles. The smallest absolute Gasteiger partial charge is 0.227 e. The Bertz CT molecular complexity index is 2080. The predicted octanol–water partition coefficient (Wildman–Crippen LogP) is 9.13. The predicted molar refractivity (Wildman–Crippen MR) is 149 cm³/mol. The number of oxazole rings is 1. The first-order chi connectivity index (χ1) is 20.4. The zero-order chi connectivity index (χ0) is 29.0. The minimum absolute atomic E-state index is 0.140. The third-order valence-electron chi connectivity index (χ3n) is 6.98. The summed E-state index contributed by atoms with van der Waals surface area (Å²) in [5.74, 6) is -9.39. The monoisotopic (exact) mass is 565 g/mol. The van der Waals surface area contributed by atoms with Gasteiger partial charge in [0.05, 0.1) is 28.5 Å². The fourth-order valence-electron chi connectivity index (χ4n) is 4.80. The zero-order valence-corrected chi connectivity index (χ0v) is 21.4. The molecule has 0 aliphatic rings. The molecule has 4 nitrogen and oxygen atoms in total. The van der Waals surface area contributed by atoms with Crippen LogP contribution >= 0.6 is 0 Å². The molecule has 0 saturated heterocycles. The van der Waals surface area contributed by atoms with Crippen LogP contribution in [0.1, 0.15) is 0 Å². The van der Waals surface area contributed by atoms with Gasteiger partial charge in [0.25, 0.3) is 0 Å². The van der Waals surface area contributed by atoms with E-state index in [0.717, 1.165) is 22.2 Å². The Balaban J connectivity index is 1.15. The first-order valence-corrected chi connectivity index (χ1v) is 12.7. The van der Waals surface area contributed by atoms with E-state index >= 15 is 0 Å². The van der Waals surface area contributed by atoms with Crippen LogP contribution in [0, 0.1) is 29.1 Å². The maximum Gasteiger partial charge on any atom is 0.227 e. The first-order valence-electron chi connectivity index (χ1n) is 12.7. The Labute approximate surface area is 234 Å². The largest absolute Gasteiger partial charge is 0.436 e. The molecule has 0 bridgehead atoms. The van der Waals surface area contributed by atoms with Crippen molar-refractivity contribution < 1.29 is 26.4 Å². The third-order valence-corrected chi connectivity index (χ3v) is 6.98. The fourth-order valence-corrected chi connectivity index (χ4v) is 4.80. The fraction of sp³-hybridized carbons (Fsp3) is 0. The van der Waals surface area contributed by atoms with Crippen molar-refractivity contribution in [1.82, 2.24) is 15.0 Å². The van der Waals surface area contributed by atoms with Gasteiger partial charge in [0.15, 0.2) is 28.9 Å². The van der Waals surface area contributed by atoms with Crippen molar-refractivity contribution >= 4 is 22.1 Å². The number of benzene rings is 5. The van der Waals surface area contributed by atoms with Gasteiger partial charge >= 0.3 is 0 Å². The van der Waals surface area contributed by atoms with Crippen molar-refractivity contribution in [3.05, 3.63) is 126 Å². The Morgan fingerprint density at radius 1 is 0.476 bits per heavy atom. The van der Waals surface area contributed by atoms with E-state index in [-0.39, 0.29) is 5.56 Å². The summed E-state index contributed by atoms with van der Waals surface area (Å²) in [5.41, 5.74) is 5.41. The van der Waals surface area contributed by atoms with Crippen LogP contribution in [-0.4, -0.2) is 15.0 Å². The number of nitrogens with zero attached hydrogens (tertiary/aromatic N) is 3. The number of aromatic nitrogens is 3. The lowest BCUT2D eigenvalue weighted by molar-refractivity contribution is 0.381. The van der Waals surface area contributed by atoms with Gasteiger partial charge in [0.2, 0.25) is 11.7 Å². The average Bonchev–Trinajstić information content (AvgIpc) is 3.47. The molecule has 7 rings (SSSR count). The molecule has 0 unspecified atom stereocenters. The normalized spacial score (nSPS) is 11.5. The Hall–Kier alpha value is -5.44. The van der Waals surface area contributed by atoms with Gasteiger partial charge in [-0.25, -0.2) is 31.9 Å². The minimum atomic E-state index is -2.19. The number of halogens is 5. The summed E-state index contributed by atoms with van der Waals surface area (Å²) in [5, 5.41) is 0. The van der Waals surface area contributed by atoms with Crippen LogP contribution in [-0.2, 0) is 0 Å². The molecule has 0 amide bonds. The summed E-state index contributed by atoms with van der Waals surface area (Å²) >= 11 is 0. The van der Waals surface area contributed by atoms with Crippen molar-refractivity contribution in [2.45, 2.75) is 0 Å². The van der Waals surface area contributed by atoms with E-state index in [4.69, 9.17) is 9.40 Å². The van der Waals surface area contributed by atoms with E-state index < -0.39 is 34.6 Å². The lowest BCUT2D eigenvalue weighted by Gasteiger charge is -2.10. The lowest BCUT2D eigenvalue weighted by Crippen LogP contribution is -2.03. The molecule has 7 aromatic rings. The summed E-state index contributed by atoms with van der Waals surface area (Å²) in [6.45, 7) is 0. The second-order valence-corrected chi connectivity index (χ2v) is 9.55. The summed E-state index contributed by atoms with van der Waals surface area (Å²) in [4.78, 5) is 13.8. The molecular formula is C33H16F5N3O. The van der Waals surface area contributed by atoms with Crippen molar-refractivity contribution in [1.29, 1.82) is 0 Å². The number of fused-ring (bicyclic) bond motifs is 2. The van der Waals surface area contributed by atoms with E-state index in [1.165, 1.54) is 24.3 Å². The minimum Gasteiger partial charge on any atom is -0.436 e. The highest BCUT2D eigenvalue weighted by Gasteiger charge is 2.26. The van der Waals surface area contributed by atoms with Crippen LogP contribution in [0.15, 0.2) is 102 Å². The van der Waals surface area contributed by atoms with Crippen molar-refractivity contribution in [3.8, 4) is 45.0 Å². The molecule has 0 saturated carbocycles. The van der Waals surface area contributed by atoms with E-state index in [2.05, 4.69) is 9.97 Å². The van der Waals surface area contributed by atoms with Gasteiger partial charge < -0.3 is 4.42 Å². The molecule has 0 aliphatic carbocycles. The highest BCUT2D eigenvalue weighted by Crippen LogP contribution is 2.34. The molecule has 0 N–H and O–H groups in total. The van der Waals surface area contributed by atoms with Gasteiger partial charge in [0.1, 0.15) is 5.52 Å². The number of para-hydroxylation sites is 2. The van der Waals surface area contributed by atoms with Gasteiger partial charge in [-0.3, -0.25) is 4.98 Å². The molecule has 0 spiro atoms. The van der Waals surface area contributed by atoms with E-state index in [1.807, 2.05) is 54.6 Å². The lowest BCUT2D eigenvalue weighted by atomic mass is 9.99. The van der Waals surface area contributed by atoms with E-state index in [0.29, 0.717) is 33.8 Å². The Kier molecular flexibility index (Phi) is 6.00. The second-order valence-electron chi connectivity index (χ2n) is 9.55. The molecule has 0 fully saturated rings. The molecular weight excluding hydrogens is 549 g/mol. The van der Waals surface area contributed by atoms with Gasteiger partial charge in [-0.05, 0) is 53.1 Å². The summed E-state index contributed by atoms with van der Waals surface area (Å²) < 4.78 is 75.1. The van der Waals surface area contributed by atoms with Crippen LogP contribution < -0.4 is 0 Å². The maximum absolute atomic E-state index is 14.2. The molecule has 2 aromatic heterocycles. The topological polar surface area (TPSA) is 51.8 Å². The maximum atomic E-state index is 14.2. The second kappa shape index (κ2) is 9.88. The highest BCUT2D eigenvalue weighted by molar-refractivity contribution is 5.84. The van der Waals surface area contributed by atoms with Crippen molar-refractivity contribution in [3.63, 3.8) is 0 Å². The van der Waals surface area contributed by atoms with Crippen molar-refractivity contribution in [2.24, 2.45) is 0 Å². The van der Waals surface area contributed by atoms with Crippen LogP contribution in [0.2, 0.25) is 0 Å². The number of rotatable bonds is 4. The van der Waals surface area contributed by atoms with Crippen LogP contribution in [0.3, 0.4) is 0 Å². The van der Waals surface area contributed by atoms with Crippen molar-refractivity contribution in [2.75, 3.05) is 0 Å². The Morgan fingerprint density at radius 2 is 1.07 bits per heavy atom. The van der Waals surface area contributed by atoms with E-state index in [1.54, 1.807) is 18.3 Å². The Morgan fingerprint density at radius 3 is 1.79 bits per heavy atom. The quantitative estimate of drug-likeness (QED) is 0.121. The third kappa shape index (κ3) is 4.26. The van der Waals surface area contributed by atoms with Gasteiger partial charge in [0, 0.05) is 11.1 Å². The average molecular weight is 566 g/mol. The molecule has 42 heavy (non-hydrogen) atoms. The molecule has 204 valence electrons. The standard InChI is InChI=1S/C33H16F5N3O/c34-28-27(29(35)31(37)32(38)30(28)36)19-9-5-17(6-10-19)21-13-14-22-24(15-21)39-16-25(40-22)18-7-11-20(12-8-18)33-41-23-3-1-2-4-26(23)42-33/h1-16H. The van der Waals surface area contributed by atoms with E-state index in [9.17, 15) is 22.0 Å². The number of hydrogen-bond donors (Lipinski definition) is 0. The summed E-state index contributed by atoms with van der Waals surface area (Å²) in [7, 11) is 0. The van der Waals surface area contributed by atoms with Crippen LogP contribution in [0.25, 0.3) is 67.1 Å². The molecule has 0 atom stereocenters. The first kappa shape index (κ1) is 25.5. The molecule has 0 radical (unpaired) electrons. The summed E-state index contributed by atoms with van der Waals surface area (Å²) in [6, 6.07) is 26.3. The number of hydrogen-bond acceptors (Lipinski definition) is 4. The molecule has 9 heteroatoms. The van der Waals surface area contributed by atoms with Gasteiger partial charge in [-0.15, -0.1) is 0 Å². The zero-order valence-electron chi connectivity index (χ0n) is 21.4. The van der Waals surface area contributed by atoms with Crippen LogP contribution in [0.4, 0.5) is 22.0 Å². The van der Waals surface area contributed by atoms with Gasteiger partial charge in [-0.2, -0.15) is 0 Å². The van der Waals surface area contributed by atoms with Crippen LogP contribution in [0.5, 0.6) is 0 Å². The summed E-state index contributed by atoms with van der Waals surface area (Å²) in [6.07, 6.45) is 1.66. The molecule has 5 aromatic carbocycles. The van der Waals surface area contributed by atoms with Gasteiger partial charge in [-0.1, -0.05) is 54.6 Å². The molecule has 2 heterocycles.